The van der Waals surface area contributed by atoms with Gasteiger partial charge in [0.05, 0.1) is 12.1 Å². The average Bonchev–Trinajstić information content (AvgIpc) is 1.96. The van der Waals surface area contributed by atoms with Crippen molar-refractivity contribution in [2.75, 3.05) is 32.7 Å². The predicted octanol–water partition coefficient (Wildman–Crippen LogP) is 0.311. The minimum Gasteiger partial charge on any atom is -0.389 e. The van der Waals surface area contributed by atoms with Gasteiger partial charge in [0.15, 0.2) is 0 Å². The predicted molar refractivity (Wildman–Crippen MR) is 59.6 cm³/mol. The first-order chi connectivity index (χ1) is 6.92. The molecule has 88 valence electrons. The van der Waals surface area contributed by atoms with Gasteiger partial charge in [-0.25, -0.2) is 0 Å². The zero-order chi connectivity index (χ0) is 11.5. The molecule has 1 amide bonds. The lowest BCUT2D eigenvalue weighted by Gasteiger charge is -2.34. The molecule has 4 heteroatoms. The van der Waals surface area contributed by atoms with Crippen molar-refractivity contribution in [3.8, 4) is 0 Å². The van der Waals surface area contributed by atoms with Crippen molar-refractivity contribution < 1.29 is 9.90 Å². The molecule has 1 aliphatic rings. The molecule has 0 aliphatic carbocycles. The molecule has 0 saturated carbocycles. The number of likely N-dealkylation sites (tertiary alicyclic amines) is 1. The second-order valence-electron chi connectivity index (χ2n) is 4.85. The van der Waals surface area contributed by atoms with E-state index in [1.807, 2.05) is 16.7 Å². The smallest absolute Gasteiger partial charge is 0.236 e. The maximum atomic E-state index is 11.7. The van der Waals surface area contributed by atoms with E-state index in [0.29, 0.717) is 13.1 Å². The Bertz CT molecular complexity index is 219. The number of hydrogen-bond acceptors (Lipinski definition) is 3. The van der Waals surface area contributed by atoms with E-state index in [1.54, 1.807) is 13.8 Å². The molecule has 1 N–H and O–H groups in total. The Kier molecular flexibility index (Phi) is 4.11. The third-order valence-corrected chi connectivity index (χ3v) is 2.63. The molecule has 0 radical (unpaired) electrons. The quantitative estimate of drug-likeness (QED) is 0.716. The van der Waals surface area contributed by atoms with Gasteiger partial charge in [-0.1, -0.05) is 6.92 Å². The molecule has 15 heavy (non-hydrogen) atoms. The van der Waals surface area contributed by atoms with Gasteiger partial charge in [0.25, 0.3) is 0 Å². The van der Waals surface area contributed by atoms with Crippen molar-refractivity contribution in [1.29, 1.82) is 0 Å². The van der Waals surface area contributed by atoms with Crippen molar-refractivity contribution in [3.63, 3.8) is 0 Å². The van der Waals surface area contributed by atoms with Crippen molar-refractivity contribution >= 4 is 5.91 Å². The van der Waals surface area contributed by atoms with E-state index in [4.69, 9.17) is 0 Å². The average molecular weight is 214 g/mol. The Morgan fingerprint density at radius 2 is 2.07 bits per heavy atom. The first-order valence-electron chi connectivity index (χ1n) is 5.65. The maximum absolute atomic E-state index is 11.7. The van der Waals surface area contributed by atoms with Gasteiger partial charge in [-0.2, -0.15) is 0 Å². The summed E-state index contributed by atoms with van der Waals surface area (Å²) in [6, 6.07) is 0. The van der Waals surface area contributed by atoms with E-state index >= 15 is 0 Å². The van der Waals surface area contributed by atoms with E-state index < -0.39 is 5.60 Å². The van der Waals surface area contributed by atoms with Crippen LogP contribution in [0.25, 0.3) is 0 Å². The fourth-order valence-electron chi connectivity index (χ4n) is 1.68. The maximum Gasteiger partial charge on any atom is 0.236 e. The highest BCUT2D eigenvalue weighted by atomic mass is 16.3. The standard InChI is InChI=1S/C11H22N2O2/c1-4-12(9-11(2,3)15)8-10(14)13-6-5-7-13/h15H,4-9H2,1-3H3. The van der Waals surface area contributed by atoms with Crippen LogP contribution in [0.2, 0.25) is 0 Å². The lowest BCUT2D eigenvalue weighted by molar-refractivity contribution is -0.136. The Balaban J connectivity index is 2.35. The second kappa shape index (κ2) is 4.94. The number of aliphatic hydroxyl groups is 1. The molecule has 1 saturated heterocycles. The Labute approximate surface area is 91.9 Å². The third-order valence-electron chi connectivity index (χ3n) is 2.63. The first kappa shape index (κ1) is 12.5. The third kappa shape index (κ3) is 4.18. The van der Waals surface area contributed by atoms with E-state index in [1.165, 1.54) is 0 Å². The number of carbonyl (C=O) groups is 1. The number of hydrogen-bond donors (Lipinski definition) is 1. The Morgan fingerprint density at radius 1 is 1.47 bits per heavy atom. The van der Waals surface area contributed by atoms with Crippen LogP contribution in [-0.4, -0.2) is 59.1 Å². The fraction of sp³-hybridized carbons (Fsp3) is 0.909. The Hall–Kier alpha value is -0.610. The number of rotatable bonds is 5. The molecule has 1 fully saturated rings. The minimum atomic E-state index is -0.731. The molecule has 1 aliphatic heterocycles. The van der Waals surface area contributed by atoms with Crippen LogP contribution < -0.4 is 0 Å². The molecule has 0 aromatic carbocycles. The largest absolute Gasteiger partial charge is 0.389 e. The summed E-state index contributed by atoms with van der Waals surface area (Å²) in [4.78, 5) is 15.5. The summed E-state index contributed by atoms with van der Waals surface area (Å²) in [6.07, 6.45) is 1.13. The number of amides is 1. The number of likely N-dealkylation sites (N-methyl/N-ethyl adjacent to an activating group) is 1. The lowest BCUT2D eigenvalue weighted by Crippen LogP contribution is -2.49. The fourth-order valence-corrected chi connectivity index (χ4v) is 1.68. The van der Waals surface area contributed by atoms with Crippen LogP contribution in [0.15, 0.2) is 0 Å². The van der Waals surface area contributed by atoms with Gasteiger partial charge in [0.1, 0.15) is 0 Å². The zero-order valence-electron chi connectivity index (χ0n) is 9.99. The summed E-state index contributed by atoms with van der Waals surface area (Å²) in [5.74, 6) is 0.187. The number of carbonyl (C=O) groups excluding carboxylic acids is 1. The highest BCUT2D eigenvalue weighted by molar-refractivity contribution is 5.78. The van der Waals surface area contributed by atoms with Gasteiger partial charge in [0.2, 0.25) is 5.91 Å². The molecular weight excluding hydrogens is 192 g/mol. The second-order valence-corrected chi connectivity index (χ2v) is 4.85. The van der Waals surface area contributed by atoms with Crippen LogP contribution in [0.1, 0.15) is 27.2 Å². The van der Waals surface area contributed by atoms with Crippen LogP contribution in [0.3, 0.4) is 0 Å². The zero-order valence-corrected chi connectivity index (χ0v) is 9.99. The van der Waals surface area contributed by atoms with Crippen LogP contribution in [-0.2, 0) is 4.79 Å². The summed E-state index contributed by atoms with van der Waals surface area (Å²) >= 11 is 0. The van der Waals surface area contributed by atoms with Crippen LogP contribution in [0.4, 0.5) is 0 Å². The van der Waals surface area contributed by atoms with Gasteiger partial charge in [-0.15, -0.1) is 0 Å². The first-order valence-corrected chi connectivity index (χ1v) is 5.65. The van der Waals surface area contributed by atoms with Gasteiger partial charge < -0.3 is 10.0 Å². The molecule has 0 bridgehead atoms. The van der Waals surface area contributed by atoms with Crippen molar-refractivity contribution in [3.05, 3.63) is 0 Å². The highest BCUT2D eigenvalue weighted by Gasteiger charge is 2.24. The van der Waals surface area contributed by atoms with E-state index in [2.05, 4.69) is 0 Å². The van der Waals surface area contributed by atoms with Gasteiger partial charge in [-0.3, -0.25) is 9.69 Å². The lowest BCUT2D eigenvalue weighted by atomic mass is 10.1. The topological polar surface area (TPSA) is 43.8 Å². The number of nitrogens with zero attached hydrogens (tertiary/aromatic N) is 2. The minimum absolute atomic E-state index is 0.187. The highest BCUT2D eigenvalue weighted by Crippen LogP contribution is 2.09. The van der Waals surface area contributed by atoms with Crippen molar-refractivity contribution in [2.45, 2.75) is 32.8 Å². The molecule has 1 rings (SSSR count). The van der Waals surface area contributed by atoms with Gasteiger partial charge >= 0.3 is 0 Å². The summed E-state index contributed by atoms with van der Waals surface area (Å²) in [7, 11) is 0. The molecule has 0 aromatic rings. The normalized spacial score (nSPS) is 16.7. The van der Waals surface area contributed by atoms with Crippen LogP contribution in [0.5, 0.6) is 0 Å². The summed E-state index contributed by atoms with van der Waals surface area (Å²) < 4.78 is 0. The SMILES string of the molecule is CCN(CC(=O)N1CCC1)CC(C)(C)O. The molecule has 4 nitrogen and oxygen atoms in total. The summed E-state index contributed by atoms with van der Waals surface area (Å²) in [5, 5.41) is 9.68. The van der Waals surface area contributed by atoms with Crippen molar-refractivity contribution in [1.82, 2.24) is 9.80 Å². The van der Waals surface area contributed by atoms with E-state index in [-0.39, 0.29) is 5.91 Å². The van der Waals surface area contributed by atoms with Gasteiger partial charge in [0, 0.05) is 19.6 Å². The van der Waals surface area contributed by atoms with Crippen molar-refractivity contribution in [2.24, 2.45) is 0 Å². The molecule has 1 heterocycles. The molecule has 0 atom stereocenters. The molecule has 0 spiro atoms. The van der Waals surface area contributed by atoms with Crippen LogP contribution in [0, 0.1) is 0 Å². The monoisotopic (exact) mass is 214 g/mol. The Morgan fingerprint density at radius 3 is 2.40 bits per heavy atom. The summed E-state index contributed by atoms with van der Waals surface area (Å²) in [6.45, 7) is 9.12. The molecule has 0 aromatic heterocycles. The van der Waals surface area contributed by atoms with E-state index in [9.17, 15) is 9.90 Å². The molecule has 0 unspecified atom stereocenters. The summed E-state index contributed by atoms with van der Waals surface area (Å²) in [5.41, 5.74) is -0.731. The van der Waals surface area contributed by atoms with Gasteiger partial charge in [-0.05, 0) is 26.8 Å². The van der Waals surface area contributed by atoms with Crippen LogP contribution >= 0.6 is 0 Å². The molecular formula is C11H22N2O2. The van der Waals surface area contributed by atoms with E-state index in [0.717, 1.165) is 26.1 Å².